The average Bonchev–Trinajstić information content (AvgIpc) is 2.98. The van der Waals surface area contributed by atoms with Gasteiger partial charge in [0.25, 0.3) is 0 Å². The first kappa shape index (κ1) is 18.6. The van der Waals surface area contributed by atoms with Crippen LogP contribution in [0.15, 0.2) is 24.7 Å². The van der Waals surface area contributed by atoms with E-state index in [1.165, 1.54) is 6.33 Å². The Hall–Kier alpha value is -1.41. The topological polar surface area (TPSA) is 82.1 Å². The number of rotatable bonds is 3. The van der Waals surface area contributed by atoms with Crippen LogP contribution in [-0.4, -0.2) is 46.1 Å². The molecule has 2 aromatic rings. The molecule has 3 rings (SSSR count). The minimum absolute atomic E-state index is 0. The normalized spacial score (nSPS) is 15.6. The summed E-state index contributed by atoms with van der Waals surface area (Å²) < 4.78 is 7.02. The fourth-order valence-corrected chi connectivity index (χ4v) is 2.25. The van der Waals surface area contributed by atoms with Gasteiger partial charge in [-0.3, -0.25) is 0 Å². The maximum Gasteiger partial charge on any atom is 0.155 e. The second-order valence-electron chi connectivity index (χ2n) is 4.79. The molecule has 1 saturated heterocycles. The second kappa shape index (κ2) is 8.28. The predicted octanol–water partition coefficient (Wildman–Crippen LogP) is 1.36. The molecule has 2 N–H and O–H groups in total. The molecule has 0 spiro atoms. The Kier molecular flexibility index (Phi) is 7.02. The van der Waals surface area contributed by atoms with Gasteiger partial charge >= 0.3 is 0 Å². The lowest BCUT2D eigenvalue weighted by Gasteiger charge is -2.28. The van der Waals surface area contributed by atoms with Gasteiger partial charge in [0.05, 0.1) is 31.1 Å². The Labute approximate surface area is 141 Å². The molecule has 0 aromatic carbocycles. The third-order valence-corrected chi connectivity index (χ3v) is 3.31. The van der Waals surface area contributed by atoms with Gasteiger partial charge < -0.3 is 15.4 Å². The number of hydrogen-bond donors (Lipinski definition) is 1. The molecule has 3 heterocycles. The molecule has 2 aromatic heterocycles. The average molecular weight is 347 g/mol. The van der Waals surface area contributed by atoms with Gasteiger partial charge in [0.2, 0.25) is 0 Å². The van der Waals surface area contributed by atoms with Crippen molar-refractivity contribution in [1.82, 2.24) is 19.7 Å². The maximum atomic E-state index is 5.87. The van der Waals surface area contributed by atoms with E-state index in [4.69, 9.17) is 10.5 Å². The number of hydrogen-bond acceptors (Lipinski definition) is 6. The number of halogens is 2. The Morgan fingerprint density at radius 2 is 1.91 bits per heavy atom. The van der Waals surface area contributed by atoms with Crippen molar-refractivity contribution < 1.29 is 4.74 Å². The Bertz CT molecular complexity index is 568. The highest BCUT2D eigenvalue weighted by Gasteiger charge is 2.14. The third kappa shape index (κ3) is 3.86. The lowest BCUT2D eigenvalue weighted by atomic mass is 10.3. The highest BCUT2D eigenvalue weighted by atomic mass is 35.5. The molecule has 7 nitrogen and oxygen atoms in total. The summed E-state index contributed by atoms with van der Waals surface area (Å²) in [5.41, 5.74) is 6.97. The first-order valence-electron chi connectivity index (χ1n) is 6.70. The molecule has 22 heavy (non-hydrogen) atoms. The van der Waals surface area contributed by atoms with Crippen molar-refractivity contribution in [2.24, 2.45) is 5.73 Å². The summed E-state index contributed by atoms with van der Waals surface area (Å²) in [6.45, 7) is 5.20. The van der Waals surface area contributed by atoms with Crippen molar-refractivity contribution in [3.63, 3.8) is 0 Å². The van der Waals surface area contributed by atoms with Crippen LogP contribution >= 0.6 is 24.8 Å². The van der Waals surface area contributed by atoms with Crippen molar-refractivity contribution >= 4 is 30.5 Å². The SMILES string of the molecule is CC(N)c1ncnn1-c1ccc(N2CCOCC2)cn1.Cl.Cl. The van der Waals surface area contributed by atoms with E-state index < -0.39 is 0 Å². The predicted molar refractivity (Wildman–Crippen MR) is 89.3 cm³/mol. The zero-order valence-corrected chi connectivity index (χ0v) is 13.9. The van der Waals surface area contributed by atoms with Crippen LogP contribution in [0.25, 0.3) is 5.82 Å². The molecule has 1 aliphatic heterocycles. The summed E-state index contributed by atoms with van der Waals surface area (Å²) in [7, 11) is 0. The Balaban J connectivity index is 0.00000121. The second-order valence-corrected chi connectivity index (χ2v) is 4.79. The fourth-order valence-electron chi connectivity index (χ4n) is 2.25. The molecule has 1 aliphatic rings. The molecular formula is C13H20Cl2N6O. The van der Waals surface area contributed by atoms with Crippen molar-refractivity contribution in [2.45, 2.75) is 13.0 Å². The molecule has 0 amide bonds. The van der Waals surface area contributed by atoms with Crippen LogP contribution in [0.3, 0.4) is 0 Å². The monoisotopic (exact) mass is 346 g/mol. The van der Waals surface area contributed by atoms with Crippen LogP contribution < -0.4 is 10.6 Å². The molecule has 0 radical (unpaired) electrons. The quantitative estimate of drug-likeness (QED) is 0.903. The van der Waals surface area contributed by atoms with E-state index in [1.807, 2.05) is 25.3 Å². The lowest BCUT2D eigenvalue weighted by Crippen LogP contribution is -2.36. The number of nitrogens with zero attached hydrogens (tertiary/aromatic N) is 5. The van der Waals surface area contributed by atoms with Crippen LogP contribution in [0.4, 0.5) is 5.69 Å². The first-order valence-corrected chi connectivity index (χ1v) is 6.70. The van der Waals surface area contributed by atoms with E-state index in [0.29, 0.717) is 5.82 Å². The standard InChI is InChI=1S/C13H18N6O.2ClH/c1-10(14)13-16-9-17-19(13)12-3-2-11(8-15-12)18-4-6-20-7-5-18;;/h2-3,8-10H,4-7,14H2,1H3;2*1H. The molecule has 9 heteroatoms. The van der Waals surface area contributed by atoms with Crippen LogP contribution in [-0.2, 0) is 4.74 Å². The Morgan fingerprint density at radius 1 is 1.18 bits per heavy atom. The van der Waals surface area contributed by atoms with Gasteiger partial charge in [-0.25, -0.2) is 9.97 Å². The highest BCUT2D eigenvalue weighted by molar-refractivity contribution is 5.85. The third-order valence-electron chi connectivity index (χ3n) is 3.31. The van der Waals surface area contributed by atoms with Crippen LogP contribution in [0, 0.1) is 0 Å². The maximum absolute atomic E-state index is 5.87. The van der Waals surface area contributed by atoms with Gasteiger partial charge in [0, 0.05) is 13.1 Å². The molecule has 0 saturated carbocycles. The summed E-state index contributed by atoms with van der Waals surface area (Å²) in [6, 6.07) is 3.80. The lowest BCUT2D eigenvalue weighted by molar-refractivity contribution is 0.122. The van der Waals surface area contributed by atoms with Gasteiger partial charge in [-0.15, -0.1) is 24.8 Å². The summed E-state index contributed by atoms with van der Waals surface area (Å²) in [4.78, 5) is 10.9. The van der Waals surface area contributed by atoms with E-state index in [9.17, 15) is 0 Å². The molecule has 1 fully saturated rings. The molecule has 0 bridgehead atoms. The summed E-state index contributed by atoms with van der Waals surface area (Å²) in [6.07, 6.45) is 3.35. The molecule has 122 valence electrons. The zero-order chi connectivity index (χ0) is 13.9. The van der Waals surface area contributed by atoms with E-state index >= 15 is 0 Å². The largest absolute Gasteiger partial charge is 0.378 e. The molecule has 1 atom stereocenters. The smallest absolute Gasteiger partial charge is 0.155 e. The van der Waals surface area contributed by atoms with Crippen LogP contribution in [0.1, 0.15) is 18.8 Å². The molecule has 0 aliphatic carbocycles. The van der Waals surface area contributed by atoms with E-state index in [0.717, 1.165) is 37.8 Å². The highest BCUT2D eigenvalue weighted by Crippen LogP contribution is 2.17. The fraction of sp³-hybridized carbons (Fsp3) is 0.462. The van der Waals surface area contributed by atoms with E-state index in [-0.39, 0.29) is 30.9 Å². The summed E-state index contributed by atoms with van der Waals surface area (Å²) in [5.74, 6) is 1.43. The van der Waals surface area contributed by atoms with Gasteiger partial charge in [0.1, 0.15) is 6.33 Å². The first-order chi connectivity index (χ1) is 9.75. The number of pyridine rings is 1. The minimum Gasteiger partial charge on any atom is -0.378 e. The zero-order valence-electron chi connectivity index (χ0n) is 12.3. The van der Waals surface area contributed by atoms with Gasteiger partial charge in [-0.2, -0.15) is 9.78 Å². The van der Waals surface area contributed by atoms with Gasteiger partial charge in [0.15, 0.2) is 11.6 Å². The molecular weight excluding hydrogens is 327 g/mol. The number of anilines is 1. The number of aromatic nitrogens is 4. The minimum atomic E-state index is -0.182. The number of nitrogens with two attached hydrogens (primary N) is 1. The van der Waals surface area contributed by atoms with Crippen LogP contribution in [0.2, 0.25) is 0 Å². The summed E-state index contributed by atoms with van der Waals surface area (Å²) in [5, 5.41) is 4.18. The number of ether oxygens (including phenoxy) is 1. The van der Waals surface area contributed by atoms with Crippen molar-refractivity contribution in [3.05, 3.63) is 30.5 Å². The van der Waals surface area contributed by atoms with Crippen molar-refractivity contribution in [1.29, 1.82) is 0 Å². The molecule has 1 unspecified atom stereocenters. The number of morpholine rings is 1. The van der Waals surface area contributed by atoms with Crippen molar-refractivity contribution in [2.75, 3.05) is 31.2 Å². The van der Waals surface area contributed by atoms with E-state index in [1.54, 1.807) is 4.68 Å². The Morgan fingerprint density at radius 3 is 2.50 bits per heavy atom. The van der Waals surface area contributed by atoms with E-state index in [2.05, 4.69) is 20.0 Å². The van der Waals surface area contributed by atoms with Crippen molar-refractivity contribution in [3.8, 4) is 5.82 Å². The van der Waals surface area contributed by atoms with Crippen LogP contribution in [0.5, 0.6) is 0 Å². The summed E-state index contributed by atoms with van der Waals surface area (Å²) >= 11 is 0. The van der Waals surface area contributed by atoms with Gasteiger partial charge in [-0.1, -0.05) is 0 Å². The van der Waals surface area contributed by atoms with Gasteiger partial charge in [-0.05, 0) is 19.1 Å².